The molecule has 5 nitrogen and oxygen atoms in total. The minimum absolute atomic E-state index is 0.0137. The maximum atomic E-state index is 11.8. The molecule has 1 aliphatic rings. The van der Waals surface area contributed by atoms with Gasteiger partial charge >= 0.3 is 0 Å². The van der Waals surface area contributed by atoms with Crippen LogP contribution in [0.2, 0.25) is 0 Å². The van der Waals surface area contributed by atoms with Crippen LogP contribution < -0.4 is 5.32 Å². The van der Waals surface area contributed by atoms with Crippen LogP contribution >= 0.6 is 0 Å². The molecule has 1 amide bonds. The van der Waals surface area contributed by atoms with Gasteiger partial charge in [0, 0.05) is 6.07 Å². The standard InChI is InChI=1S/C12H19N3O2/c1-10-8-11(14-17-10)13-12(16)9-15-6-4-2-3-5-7-15/h8H,2-7,9H2,1H3,(H,13,14,16). The van der Waals surface area contributed by atoms with Crippen molar-refractivity contribution >= 4 is 11.7 Å². The van der Waals surface area contributed by atoms with E-state index in [1.165, 1.54) is 25.7 Å². The highest BCUT2D eigenvalue weighted by Crippen LogP contribution is 2.10. The van der Waals surface area contributed by atoms with Crippen LogP contribution in [0.4, 0.5) is 5.82 Å². The lowest BCUT2D eigenvalue weighted by Crippen LogP contribution is -2.33. The van der Waals surface area contributed by atoms with Gasteiger partial charge in [-0.15, -0.1) is 0 Å². The Kier molecular flexibility index (Phi) is 4.14. The van der Waals surface area contributed by atoms with E-state index < -0.39 is 0 Å². The third-order valence-electron chi connectivity index (χ3n) is 2.96. The van der Waals surface area contributed by atoms with Crippen LogP contribution in [-0.4, -0.2) is 35.6 Å². The Morgan fingerprint density at radius 2 is 2.12 bits per heavy atom. The minimum Gasteiger partial charge on any atom is -0.360 e. The highest BCUT2D eigenvalue weighted by Gasteiger charge is 2.13. The predicted molar refractivity (Wildman–Crippen MR) is 64.8 cm³/mol. The van der Waals surface area contributed by atoms with E-state index in [4.69, 9.17) is 4.52 Å². The van der Waals surface area contributed by atoms with Crippen LogP contribution in [0.15, 0.2) is 10.6 Å². The Labute approximate surface area is 101 Å². The van der Waals surface area contributed by atoms with Crippen LogP contribution in [0, 0.1) is 6.92 Å². The smallest absolute Gasteiger partial charge is 0.239 e. The van der Waals surface area contributed by atoms with Crippen LogP contribution in [0.25, 0.3) is 0 Å². The number of hydrogen-bond acceptors (Lipinski definition) is 4. The molecule has 0 spiro atoms. The SMILES string of the molecule is Cc1cc(NC(=O)CN2CCCCCC2)no1. The van der Waals surface area contributed by atoms with Crippen molar-refractivity contribution in [3.63, 3.8) is 0 Å². The fourth-order valence-electron chi connectivity index (χ4n) is 2.11. The van der Waals surface area contributed by atoms with Gasteiger partial charge in [0.25, 0.3) is 0 Å². The maximum Gasteiger partial charge on any atom is 0.239 e. The molecule has 0 bridgehead atoms. The Hall–Kier alpha value is -1.36. The van der Waals surface area contributed by atoms with E-state index in [9.17, 15) is 4.79 Å². The summed E-state index contributed by atoms with van der Waals surface area (Å²) in [6, 6.07) is 1.72. The number of carbonyl (C=O) groups is 1. The van der Waals surface area contributed by atoms with Gasteiger partial charge in [-0.1, -0.05) is 18.0 Å². The summed E-state index contributed by atoms with van der Waals surface area (Å²) in [5.41, 5.74) is 0. The van der Waals surface area contributed by atoms with Crippen molar-refractivity contribution in [1.29, 1.82) is 0 Å². The summed E-state index contributed by atoms with van der Waals surface area (Å²) in [4.78, 5) is 14.0. The second kappa shape index (κ2) is 5.82. The number of anilines is 1. The molecular formula is C12H19N3O2. The first-order valence-electron chi connectivity index (χ1n) is 6.19. The van der Waals surface area contributed by atoms with Crippen molar-refractivity contribution < 1.29 is 9.32 Å². The van der Waals surface area contributed by atoms with Gasteiger partial charge in [-0.3, -0.25) is 9.69 Å². The number of likely N-dealkylation sites (tertiary alicyclic amines) is 1. The molecule has 17 heavy (non-hydrogen) atoms. The van der Waals surface area contributed by atoms with E-state index in [1.807, 2.05) is 0 Å². The first kappa shape index (κ1) is 12.1. The molecule has 1 aromatic heterocycles. The molecule has 0 aliphatic carbocycles. The quantitative estimate of drug-likeness (QED) is 0.870. The van der Waals surface area contributed by atoms with Crippen molar-refractivity contribution in [3.05, 3.63) is 11.8 Å². The molecule has 1 saturated heterocycles. The first-order chi connectivity index (χ1) is 8.24. The fourth-order valence-corrected chi connectivity index (χ4v) is 2.11. The average Bonchev–Trinajstić information content (AvgIpc) is 2.53. The molecule has 0 atom stereocenters. The monoisotopic (exact) mass is 237 g/mol. The lowest BCUT2D eigenvalue weighted by molar-refractivity contribution is -0.117. The van der Waals surface area contributed by atoms with Crippen molar-refractivity contribution in [2.45, 2.75) is 32.6 Å². The molecule has 5 heteroatoms. The summed E-state index contributed by atoms with van der Waals surface area (Å²) < 4.78 is 4.90. The van der Waals surface area contributed by atoms with Gasteiger partial charge in [0.2, 0.25) is 5.91 Å². The molecule has 1 aromatic rings. The van der Waals surface area contributed by atoms with E-state index in [0.717, 1.165) is 13.1 Å². The molecule has 2 heterocycles. The molecule has 0 saturated carbocycles. The zero-order valence-corrected chi connectivity index (χ0v) is 10.2. The largest absolute Gasteiger partial charge is 0.360 e. The van der Waals surface area contributed by atoms with Crippen LogP contribution in [0.1, 0.15) is 31.4 Å². The molecule has 94 valence electrons. The zero-order valence-electron chi connectivity index (χ0n) is 10.2. The number of hydrogen-bond donors (Lipinski definition) is 1. The second-order valence-corrected chi connectivity index (χ2v) is 4.56. The lowest BCUT2D eigenvalue weighted by atomic mass is 10.2. The van der Waals surface area contributed by atoms with Gasteiger partial charge < -0.3 is 9.84 Å². The summed E-state index contributed by atoms with van der Waals surface area (Å²) in [6.07, 6.45) is 4.94. The number of carbonyl (C=O) groups excluding carboxylic acids is 1. The van der Waals surface area contributed by atoms with E-state index in [-0.39, 0.29) is 5.91 Å². The Morgan fingerprint density at radius 3 is 2.71 bits per heavy atom. The molecule has 0 radical (unpaired) electrons. The summed E-state index contributed by atoms with van der Waals surface area (Å²) in [7, 11) is 0. The Balaban J connectivity index is 1.80. The number of aryl methyl sites for hydroxylation is 1. The molecule has 2 rings (SSSR count). The van der Waals surface area contributed by atoms with E-state index >= 15 is 0 Å². The highest BCUT2D eigenvalue weighted by atomic mass is 16.5. The molecule has 0 aromatic carbocycles. The van der Waals surface area contributed by atoms with Crippen LogP contribution in [-0.2, 0) is 4.79 Å². The Bertz CT molecular complexity index is 368. The van der Waals surface area contributed by atoms with Gasteiger partial charge in [0.1, 0.15) is 5.76 Å². The second-order valence-electron chi connectivity index (χ2n) is 4.56. The molecule has 0 unspecified atom stereocenters. The molecule has 1 N–H and O–H groups in total. The minimum atomic E-state index is -0.0137. The topological polar surface area (TPSA) is 58.4 Å². The number of nitrogens with zero attached hydrogens (tertiary/aromatic N) is 2. The normalized spacial score (nSPS) is 17.7. The number of nitrogens with one attached hydrogen (secondary N) is 1. The van der Waals surface area contributed by atoms with Crippen LogP contribution in [0.5, 0.6) is 0 Å². The number of amides is 1. The Morgan fingerprint density at radius 1 is 1.41 bits per heavy atom. The van der Waals surface area contributed by atoms with Crippen molar-refractivity contribution in [2.24, 2.45) is 0 Å². The van der Waals surface area contributed by atoms with Gasteiger partial charge in [-0.25, -0.2) is 0 Å². The first-order valence-corrected chi connectivity index (χ1v) is 6.19. The zero-order chi connectivity index (χ0) is 12.1. The number of rotatable bonds is 3. The van der Waals surface area contributed by atoms with Gasteiger partial charge in [0.05, 0.1) is 6.54 Å². The van der Waals surface area contributed by atoms with E-state index in [0.29, 0.717) is 18.1 Å². The van der Waals surface area contributed by atoms with Crippen molar-refractivity contribution in [2.75, 3.05) is 25.0 Å². The third-order valence-corrected chi connectivity index (χ3v) is 2.96. The highest BCUT2D eigenvalue weighted by molar-refractivity contribution is 5.91. The van der Waals surface area contributed by atoms with Gasteiger partial charge in [0.15, 0.2) is 5.82 Å². The van der Waals surface area contributed by atoms with Crippen molar-refractivity contribution in [1.82, 2.24) is 10.1 Å². The predicted octanol–water partition coefficient (Wildman–Crippen LogP) is 1.80. The summed E-state index contributed by atoms with van der Waals surface area (Å²) >= 11 is 0. The fraction of sp³-hybridized carbons (Fsp3) is 0.667. The summed E-state index contributed by atoms with van der Waals surface area (Å²) in [5.74, 6) is 1.19. The number of aromatic nitrogens is 1. The molecule has 1 aliphatic heterocycles. The summed E-state index contributed by atoms with van der Waals surface area (Å²) in [6.45, 7) is 4.29. The van der Waals surface area contributed by atoms with E-state index in [1.54, 1.807) is 13.0 Å². The van der Waals surface area contributed by atoms with Gasteiger partial charge in [-0.2, -0.15) is 0 Å². The average molecular weight is 237 g/mol. The van der Waals surface area contributed by atoms with Gasteiger partial charge in [-0.05, 0) is 32.9 Å². The third kappa shape index (κ3) is 3.85. The maximum absolute atomic E-state index is 11.8. The lowest BCUT2D eigenvalue weighted by Gasteiger charge is -2.18. The molecular weight excluding hydrogens is 218 g/mol. The van der Waals surface area contributed by atoms with Crippen LogP contribution in [0.3, 0.4) is 0 Å². The van der Waals surface area contributed by atoms with E-state index in [2.05, 4.69) is 15.4 Å². The van der Waals surface area contributed by atoms with Crippen molar-refractivity contribution in [3.8, 4) is 0 Å². The summed E-state index contributed by atoms with van der Waals surface area (Å²) in [5, 5.41) is 6.49. The molecule has 1 fully saturated rings.